The Morgan fingerprint density at radius 1 is 1.20 bits per heavy atom. The van der Waals surface area contributed by atoms with Gasteiger partial charge >= 0.3 is 0 Å². The lowest BCUT2D eigenvalue weighted by atomic mass is 10.1. The zero-order valence-corrected chi connectivity index (χ0v) is 11.9. The molecule has 4 nitrogen and oxygen atoms in total. The molecule has 0 fully saturated rings. The second-order valence-electron chi connectivity index (χ2n) is 4.82. The molecule has 20 heavy (non-hydrogen) atoms. The minimum absolute atomic E-state index is 0.116. The molecular formula is C16H20N2O2. The number of amides is 1. The van der Waals surface area contributed by atoms with Gasteiger partial charge in [0, 0.05) is 17.8 Å². The smallest absolute Gasteiger partial charge is 0.294 e. The van der Waals surface area contributed by atoms with Crippen LogP contribution in [0.25, 0.3) is 0 Å². The lowest BCUT2D eigenvalue weighted by Gasteiger charge is -2.23. The van der Waals surface area contributed by atoms with Gasteiger partial charge in [0.25, 0.3) is 5.91 Å². The van der Waals surface area contributed by atoms with E-state index in [9.17, 15) is 4.79 Å². The molecular weight excluding hydrogens is 252 g/mol. The Kier molecular flexibility index (Phi) is 4.58. The molecule has 0 atom stereocenters. The maximum Gasteiger partial charge on any atom is 0.294 e. The highest BCUT2D eigenvalue weighted by Crippen LogP contribution is 2.23. The van der Waals surface area contributed by atoms with Crippen molar-refractivity contribution in [1.82, 2.24) is 0 Å². The number of hydrogen-bond donors (Lipinski definition) is 1. The van der Waals surface area contributed by atoms with Crippen molar-refractivity contribution in [2.24, 2.45) is 5.73 Å². The number of anilines is 1. The summed E-state index contributed by atoms with van der Waals surface area (Å²) in [6.45, 7) is 5.00. The fraction of sp³-hybridized carbons (Fsp3) is 0.312. The number of hydrogen-bond acceptors (Lipinski definition) is 3. The predicted octanol–water partition coefficient (Wildman–Crippen LogP) is 2.89. The van der Waals surface area contributed by atoms with Crippen molar-refractivity contribution in [2.45, 2.75) is 20.3 Å². The lowest BCUT2D eigenvalue weighted by Crippen LogP contribution is -2.33. The molecule has 0 bridgehead atoms. The first-order chi connectivity index (χ1) is 9.65. The van der Waals surface area contributed by atoms with E-state index in [1.165, 1.54) is 0 Å². The van der Waals surface area contributed by atoms with E-state index in [0.717, 1.165) is 23.2 Å². The Labute approximate surface area is 119 Å². The number of carbonyl (C=O) groups excluding carboxylic acids is 1. The van der Waals surface area contributed by atoms with E-state index in [1.807, 2.05) is 38.1 Å². The number of rotatable bonds is 5. The van der Waals surface area contributed by atoms with Crippen LogP contribution in [-0.4, -0.2) is 19.0 Å². The van der Waals surface area contributed by atoms with Gasteiger partial charge in [-0.3, -0.25) is 4.79 Å². The van der Waals surface area contributed by atoms with Crippen LogP contribution in [0.1, 0.15) is 28.1 Å². The molecule has 0 aliphatic rings. The van der Waals surface area contributed by atoms with Gasteiger partial charge in [0.05, 0.1) is 6.26 Å². The largest absolute Gasteiger partial charge is 0.459 e. The Morgan fingerprint density at radius 2 is 1.95 bits per heavy atom. The van der Waals surface area contributed by atoms with Crippen LogP contribution in [0.15, 0.2) is 41.0 Å². The van der Waals surface area contributed by atoms with Crippen LogP contribution in [0.2, 0.25) is 0 Å². The van der Waals surface area contributed by atoms with Crippen molar-refractivity contribution in [3.8, 4) is 0 Å². The Morgan fingerprint density at radius 3 is 2.55 bits per heavy atom. The summed E-state index contributed by atoms with van der Waals surface area (Å²) in [5.74, 6) is 0.278. The van der Waals surface area contributed by atoms with Crippen molar-refractivity contribution in [2.75, 3.05) is 18.0 Å². The number of para-hydroxylation sites is 1. The topological polar surface area (TPSA) is 59.5 Å². The molecule has 0 saturated heterocycles. The third-order valence-electron chi connectivity index (χ3n) is 3.29. The van der Waals surface area contributed by atoms with E-state index in [1.54, 1.807) is 17.2 Å². The Hall–Kier alpha value is -2.07. The van der Waals surface area contributed by atoms with Crippen LogP contribution in [0, 0.1) is 13.8 Å². The second kappa shape index (κ2) is 6.39. The van der Waals surface area contributed by atoms with Gasteiger partial charge in [0.2, 0.25) is 0 Å². The van der Waals surface area contributed by atoms with Gasteiger partial charge in [0.15, 0.2) is 5.76 Å². The zero-order chi connectivity index (χ0) is 14.5. The molecule has 1 aromatic heterocycles. The highest BCUT2D eigenvalue weighted by Gasteiger charge is 2.22. The Balaban J connectivity index is 2.35. The zero-order valence-electron chi connectivity index (χ0n) is 11.9. The first-order valence-electron chi connectivity index (χ1n) is 6.76. The SMILES string of the molecule is Cc1ccccc1N(CCCN)C(=O)c1occc1C. The molecule has 0 spiro atoms. The third-order valence-corrected chi connectivity index (χ3v) is 3.29. The van der Waals surface area contributed by atoms with Crippen LogP contribution in [0.5, 0.6) is 0 Å². The first-order valence-corrected chi connectivity index (χ1v) is 6.76. The summed E-state index contributed by atoms with van der Waals surface area (Å²) in [6, 6.07) is 9.63. The molecule has 0 radical (unpaired) electrons. The number of nitrogens with zero attached hydrogens (tertiary/aromatic N) is 1. The van der Waals surface area contributed by atoms with Gasteiger partial charge in [-0.25, -0.2) is 0 Å². The second-order valence-corrected chi connectivity index (χ2v) is 4.82. The van der Waals surface area contributed by atoms with Crippen LogP contribution < -0.4 is 10.6 Å². The van der Waals surface area contributed by atoms with Crippen LogP contribution in [0.4, 0.5) is 5.69 Å². The number of benzene rings is 1. The van der Waals surface area contributed by atoms with E-state index >= 15 is 0 Å². The molecule has 1 aromatic carbocycles. The summed E-state index contributed by atoms with van der Waals surface area (Å²) >= 11 is 0. The van der Waals surface area contributed by atoms with Crippen LogP contribution in [-0.2, 0) is 0 Å². The molecule has 1 heterocycles. The summed E-state index contributed by atoms with van der Waals surface area (Å²) in [5.41, 5.74) is 8.39. The minimum atomic E-state index is -0.116. The molecule has 0 aliphatic heterocycles. The highest BCUT2D eigenvalue weighted by atomic mass is 16.3. The van der Waals surface area contributed by atoms with E-state index in [4.69, 9.17) is 10.2 Å². The van der Waals surface area contributed by atoms with Crippen molar-refractivity contribution >= 4 is 11.6 Å². The average Bonchev–Trinajstić information content (AvgIpc) is 2.87. The summed E-state index contributed by atoms with van der Waals surface area (Å²) in [6.07, 6.45) is 2.29. The lowest BCUT2D eigenvalue weighted by molar-refractivity contribution is 0.0959. The van der Waals surface area contributed by atoms with Gasteiger partial charge in [0.1, 0.15) is 0 Å². The van der Waals surface area contributed by atoms with Gasteiger partial charge in [-0.2, -0.15) is 0 Å². The van der Waals surface area contributed by atoms with Gasteiger partial charge in [-0.1, -0.05) is 18.2 Å². The standard InChI is InChI=1S/C16H20N2O2/c1-12-6-3-4-7-14(12)18(10-5-9-17)16(19)15-13(2)8-11-20-15/h3-4,6-8,11H,5,9-10,17H2,1-2H3. The van der Waals surface area contributed by atoms with Crippen molar-refractivity contribution in [3.63, 3.8) is 0 Å². The maximum absolute atomic E-state index is 12.7. The van der Waals surface area contributed by atoms with E-state index in [2.05, 4.69) is 0 Å². The molecule has 2 aromatic rings. The van der Waals surface area contributed by atoms with Gasteiger partial charge < -0.3 is 15.1 Å². The highest BCUT2D eigenvalue weighted by molar-refractivity contribution is 6.05. The van der Waals surface area contributed by atoms with Crippen LogP contribution >= 0.6 is 0 Å². The monoisotopic (exact) mass is 272 g/mol. The molecule has 0 unspecified atom stereocenters. The van der Waals surface area contributed by atoms with Crippen LogP contribution in [0.3, 0.4) is 0 Å². The van der Waals surface area contributed by atoms with Crippen molar-refractivity contribution in [1.29, 1.82) is 0 Å². The maximum atomic E-state index is 12.7. The minimum Gasteiger partial charge on any atom is -0.459 e. The van der Waals surface area contributed by atoms with E-state index in [0.29, 0.717) is 18.8 Å². The van der Waals surface area contributed by atoms with Gasteiger partial charge in [-0.15, -0.1) is 0 Å². The molecule has 2 N–H and O–H groups in total. The molecule has 0 aliphatic carbocycles. The molecule has 106 valence electrons. The Bertz CT molecular complexity index is 590. The fourth-order valence-corrected chi connectivity index (χ4v) is 2.16. The fourth-order valence-electron chi connectivity index (χ4n) is 2.16. The summed E-state index contributed by atoms with van der Waals surface area (Å²) in [7, 11) is 0. The molecule has 2 rings (SSSR count). The number of aryl methyl sites for hydroxylation is 2. The number of furan rings is 1. The van der Waals surface area contributed by atoms with E-state index in [-0.39, 0.29) is 5.91 Å². The van der Waals surface area contributed by atoms with Crippen molar-refractivity contribution in [3.05, 3.63) is 53.5 Å². The number of nitrogens with two attached hydrogens (primary N) is 1. The third kappa shape index (κ3) is 2.91. The molecule has 4 heteroatoms. The first kappa shape index (κ1) is 14.3. The summed E-state index contributed by atoms with van der Waals surface area (Å²) in [5, 5.41) is 0. The summed E-state index contributed by atoms with van der Waals surface area (Å²) in [4.78, 5) is 14.4. The normalized spacial score (nSPS) is 10.6. The van der Waals surface area contributed by atoms with Gasteiger partial charge in [-0.05, 0) is 44.5 Å². The predicted molar refractivity (Wildman–Crippen MR) is 80.0 cm³/mol. The quantitative estimate of drug-likeness (QED) is 0.910. The molecule has 1 amide bonds. The molecule has 0 saturated carbocycles. The number of carbonyl (C=O) groups is 1. The van der Waals surface area contributed by atoms with E-state index < -0.39 is 0 Å². The average molecular weight is 272 g/mol. The summed E-state index contributed by atoms with van der Waals surface area (Å²) < 4.78 is 5.33. The van der Waals surface area contributed by atoms with Crippen molar-refractivity contribution < 1.29 is 9.21 Å².